The highest BCUT2D eigenvalue weighted by atomic mass is 16.5. The maximum atomic E-state index is 13.0. The van der Waals surface area contributed by atoms with Gasteiger partial charge >= 0.3 is 5.97 Å². The Kier molecular flexibility index (Phi) is 5.64. The van der Waals surface area contributed by atoms with Gasteiger partial charge in [-0.3, -0.25) is 9.59 Å². The number of carbonyl (C=O) groups is 3. The lowest BCUT2D eigenvalue weighted by atomic mass is 10.1. The van der Waals surface area contributed by atoms with Crippen LogP contribution in [0.2, 0.25) is 0 Å². The molecular formula is C25H22N2O5. The second kappa shape index (κ2) is 8.55. The molecule has 2 N–H and O–H groups in total. The van der Waals surface area contributed by atoms with Gasteiger partial charge in [-0.25, -0.2) is 9.69 Å². The normalized spacial score (nSPS) is 12.8. The number of rotatable bonds is 6. The number of anilines is 2. The van der Waals surface area contributed by atoms with Gasteiger partial charge in [0.15, 0.2) is 0 Å². The van der Waals surface area contributed by atoms with Crippen LogP contribution in [-0.4, -0.2) is 24.4 Å². The zero-order valence-electron chi connectivity index (χ0n) is 17.7. The third kappa shape index (κ3) is 4.18. The summed E-state index contributed by atoms with van der Waals surface area (Å²) >= 11 is 0. The maximum Gasteiger partial charge on any atom is 0.338 e. The van der Waals surface area contributed by atoms with Gasteiger partial charge in [-0.2, -0.15) is 0 Å². The predicted molar refractivity (Wildman–Crippen MR) is 120 cm³/mol. The molecule has 2 amide bonds. The second-order valence-corrected chi connectivity index (χ2v) is 7.86. The molecule has 0 saturated carbocycles. The molecule has 0 bridgehead atoms. The van der Waals surface area contributed by atoms with Crippen molar-refractivity contribution in [3.05, 3.63) is 83.4 Å². The minimum Gasteiger partial charge on any atom is -0.462 e. The van der Waals surface area contributed by atoms with Crippen molar-refractivity contribution in [2.45, 2.75) is 13.8 Å². The molecule has 7 nitrogen and oxygen atoms in total. The van der Waals surface area contributed by atoms with Crippen LogP contribution >= 0.6 is 0 Å². The van der Waals surface area contributed by atoms with Crippen molar-refractivity contribution in [3.63, 3.8) is 0 Å². The van der Waals surface area contributed by atoms with E-state index >= 15 is 0 Å². The van der Waals surface area contributed by atoms with E-state index in [9.17, 15) is 14.4 Å². The lowest BCUT2D eigenvalue weighted by Crippen LogP contribution is -2.29. The molecule has 0 atom stereocenters. The van der Waals surface area contributed by atoms with Crippen LogP contribution in [0.3, 0.4) is 0 Å². The standard InChI is InChI=1S/C25H22N2O5/c1-15(2)14-31-25(30)16-3-7-18(8-4-16)27-23(28)21-12-11-20(13-22(21)24(27)29)32-19-9-5-17(26)6-10-19/h3-13,15H,14,26H2,1-2H3. The first kappa shape index (κ1) is 21.1. The van der Waals surface area contributed by atoms with E-state index in [0.29, 0.717) is 40.6 Å². The third-order valence-corrected chi connectivity index (χ3v) is 4.88. The van der Waals surface area contributed by atoms with E-state index in [4.69, 9.17) is 15.2 Å². The quantitative estimate of drug-likeness (QED) is 0.346. The number of nitrogens with zero attached hydrogens (tertiary/aromatic N) is 1. The average Bonchev–Trinajstić information content (AvgIpc) is 3.03. The minimum absolute atomic E-state index is 0.227. The number of carbonyl (C=O) groups excluding carboxylic acids is 3. The van der Waals surface area contributed by atoms with Crippen LogP contribution in [0.15, 0.2) is 66.7 Å². The first-order valence-electron chi connectivity index (χ1n) is 10.2. The molecule has 0 saturated heterocycles. The van der Waals surface area contributed by atoms with Crippen molar-refractivity contribution in [1.29, 1.82) is 0 Å². The van der Waals surface area contributed by atoms with Gasteiger partial charge in [0.1, 0.15) is 11.5 Å². The molecule has 3 aromatic rings. The molecule has 1 aliphatic heterocycles. The van der Waals surface area contributed by atoms with Gasteiger partial charge in [0, 0.05) is 5.69 Å². The molecule has 7 heteroatoms. The molecule has 1 aliphatic rings. The number of nitrogen functional groups attached to an aromatic ring is 1. The Labute approximate surface area is 185 Å². The summed E-state index contributed by atoms with van der Waals surface area (Å²) in [6.07, 6.45) is 0. The van der Waals surface area contributed by atoms with Crippen molar-refractivity contribution in [2.75, 3.05) is 17.2 Å². The number of amides is 2. The van der Waals surface area contributed by atoms with E-state index in [0.717, 1.165) is 4.90 Å². The first-order chi connectivity index (χ1) is 15.3. The van der Waals surface area contributed by atoms with Crippen molar-refractivity contribution < 1.29 is 23.9 Å². The highest BCUT2D eigenvalue weighted by molar-refractivity contribution is 6.34. The molecule has 0 aliphatic carbocycles. The lowest BCUT2D eigenvalue weighted by molar-refractivity contribution is 0.0459. The Morgan fingerprint density at radius 1 is 0.875 bits per heavy atom. The fourth-order valence-electron chi connectivity index (χ4n) is 3.26. The van der Waals surface area contributed by atoms with Crippen molar-refractivity contribution in [3.8, 4) is 11.5 Å². The van der Waals surface area contributed by atoms with E-state index < -0.39 is 17.8 Å². The Morgan fingerprint density at radius 2 is 1.50 bits per heavy atom. The van der Waals surface area contributed by atoms with Gasteiger partial charge in [-0.1, -0.05) is 13.8 Å². The number of nitrogens with two attached hydrogens (primary N) is 1. The van der Waals surface area contributed by atoms with Crippen LogP contribution in [0.4, 0.5) is 11.4 Å². The molecule has 0 unspecified atom stereocenters. The Morgan fingerprint density at radius 3 is 2.16 bits per heavy atom. The molecule has 0 aromatic heterocycles. The van der Waals surface area contributed by atoms with Crippen LogP contribution < -0.4 is 15.4 Å². The van der Waals surface area contributed by atoms with Gasteiger partial charge in [-0.15, -0.1) is 0 Å². The largest absolute Gasteiger partial charge is 0.462 e. The highest BCUT2D eigenvalue weighted by Gasteiger charge is 2.37. The fourth-order valence-corrected chi connectivity index (χ4v) is 3.26. The van der Waals surface area contributed by atoms with Crippen molar-refractivity contribution >= 4 is 29.2 Å². The van der Waals surface area contributed by atoms with Crippen LogP contribution in [0.5, 0.6) is 11.5 Å². The summed E-state index contributed by atoms with van der Waals surface area (Å²) in [6, 6.07) is 17.8. The average molecular weight is 430 g/mol. The van der Waals surface area contributed by atoms with Crippen molar-refractivity contribution in [1.82, 2.24) is 0 Å². The summed E-state index contributed by atoms with van der Waals surface area (Å²) in [4.78, 5) is 39.1. The van der Waals surface area contributed by atoms with Gasteiger partial charge < -0.3 is 15.2 Å². The number of esters is 1. The summed E-state index contributed by atoms with van der Waals surface area (Å²) in [5.41, 5.74) is 7.56. The minimum atomic E-state index is -0.456. The van der Waals surface area contributed by atoms with Crippen LogP contribution in [-0.2, 0) is 4.74 Å². The lowest BCUT2D eigenvalue weighted by Gasteiger charge is -2.14. The van der Waals surface area contributed by atoms with Gasteiger partial charge in [0.05, 0.1) is 29.0 Å². The summed E-state index contributed by atoms with van der Waals surface area (Å²) in [5.74, 6) is -0.114. The zero-order valence-corrected chi connectivity index (χ0v) is 17.7. The summed E-state index contributed by atoms with van der Waals surface area (Å²) in [6.45, 7) is 4.22. The van der Waals surface area contributed by atoms with E-state index in [1.165, 1.54) is 12.1 Å². The number of ether oxygens (including phenoxy) is 2. The second-order valence-electron chi connectivity index (χ2n) is 7.86. The van der Waals surface area contributed by atoms with E-state index in [1.807, 2.05) is 13.8 Å². The molecule has 3 aromatic carbocycles. The summed E-state index contributed by atoms with van der Waals surface area (Å²) < 4.78 is 11.0. The Hall–Kier alpha value is -4.13. The molecule has 0 fully saturated rings. The summed E-state index contributed by atoms with van der Waals surface area (Å²) in [7, 11) is 0. The van der Waals surface area contributed by atoms with E-state index in [1.54, 1.807) is 54.6 Å². The Bertz CT molecular complexity index is 1180. The van der Waals surface area contributed by atoms with Crippen LogP contribution in [0.1, 0.15) is 44.9 Å². The Balaban J connectivity index is 1.53. The third-order valence-electron chi connectivity index (χ3n) is 4.88. The summed E-state index contributed by atoms with van der Waals surface area (Å²) in [5, 5.41) is 0. The SMILES string of the molecule is CC(C)COC(=O)c1ccc(N2C(=O)c3ccc(Oc4ccc(N)cc4)cc3C2=O)cc1. The van der Waals surface area contributed by atoms with E-state index in [-0.39, 0.29) is 11.5 Å². The molecule has 4 rings (SSSR count). The molecule has 1 heterocycles. The predicted octanol–water partition coefficient (Wildman–Crippen LogP) is 4.67. The van der Waals surface area contributed by atoms with Gasteiger partial charge in [0.2, 0.25) is 0 Å². The van der Waals surface area contributed by atoms with E-state index in [2.05, 4.69) is 0 Å². The number of imide groups is 1. The molecule has 0 radical (unpaired) electrons. The maximum absolute atomic E-state index is 13.0. The smallest absolute Gasteiger partial charge is 0.338 e. The monoisotopic (exact) mass is 430 g/mol. The van der Waals surface area contributed by atoms with Crippen LogP contribution in [0, 0.1) is 5.92 Å². The first-order valence-corrected chi connectivity index (χ1v) is 10.2. The van der Waals surface area contributed by atoms with Crippen molar-refractivity contribution in [2.24, 2.45) is 5.92 Å². The molecule has 32 heavy (non-hydrogen) atoms. The highest BCUT2D eigenvalue weighted by Crippen LogP contribution is 2.32. The fraction of sp³-hybridized carbons (Fsp3) is 0.160. The number of benzene rings is 3. The number of hydrogen-bond acceptors (Lipinski definition) is 6. The van der Waals surface area contributed by atoms with Crippen LogP contribution in [0.25, 0.3) is 0 Å². The number of fused-ring (bicyclic) bond motifs is 1. The molecule has 162 valence electrons. The number of hydrogen-bond donors (Lipinski definition) is 1. The molecule has 0 spiro atoms. The van der Waals surface area contributed by atoms with Gasteiger partial charge in [0.25, 0.3) is 11.8 Å². The van der Waals surface area contributed by atoms with Gasteiger partial charge in [-0.05, 0) is 72.6 Å². The topological polar surface area (TPSA) is 98.9 Å². The molecular weight excluding hydrogens is 408 g/mol. The zero-order chi connectivity index (χ0) is 22.8.